The number of nitrogens with two attached hydrogens (primary N) is 1. The van der Waals surface area contributed by atoms with Gasteiger partial charge in [-0.05, 0) is 17.7 Å². The second-order valence-corrected chi connectivity index (χ2v) is 4.06. The summed E-state index contributed by atoms with van der Waals surface area (Å²) in [6, 6.07) is 8.99. The summed E-state index contributed by atoms with van der Waals surface area (Å²) in [5.74, 6) is 5.05. The summed E-state index contributed by atoms with van der Waals surface area (Å²) in [6.45, 7) is 0.152. The Morgan fingerprint density at radius 1 is 1.29 bits per heavy atom. The number of hydrazine groups is 1. The van der Waals surface area contributed by atoms with Gasteiger partial charge < -0.3 is 10.7 Å². The van der Waals surface area contributed by atoms with Crippen LogP contribution in [0.4, 0.5) is 11.5 Å². The van der Waals surface area contributed by atoms with Crippen molar-refractivity contribution in [1.29, 1.82) is 0 Å². The topological polar surface area (TPSA) is 136 Å². The van der Waals surface area contributed by atoms with Crippen molar-refractivity contribution in [3.63, 3.8) is 0 Å². The third-order valence-electron chi connectivity index (χ3n) is 2.62. The molecule has 0 aliphatic rings. The number of hydrogen-bond acceptors (Lipinski definition) is 7. The van der Waals surface area contributed by atoms with Crippen LogP contribution in [0.1, 0.15) is 16.1 Å². The van der Waals surface area contributed by atoms with Crippen molar-refractivity contribution in [2.75, 3.05) is 5.43 Å². The Bertz CT molecular complexity index is 658. The molecule has 9 nitrogen and oxygen atoms in total. The number of nitrogens with zero attached hydrogens (tertiary/aromatic N) is 3. The zero-order valence-corrected chi connectivity index (χ0v) is 10.8. The van der Waals surface area contributed by atoms with Crippen LogP contribution in [0.15, 0.2) is 36.4 Å². The second-order valence-electron chi connectivity index (χ2n) is 4.06. The highest BCUT2D eigenvalue weighted by atomic mass is 16.6. The Morgan fingerprint density at radius 2 is 2.10 bits per heavy atom. The molecule has 0 unspecified atom stereocenters. The Balaban J connectivity index is 2.00. The van der Waals surface area contributed by atoms with E-state index < -0.39 is 10.8 Å². The van der Waals surface area contributed by atoms with E-state index in [0.717, 1.165) is 0 Å². The molecule has 0 aliphatic carbocycles. The number of carbonyl (C=O) groups excluding carboxylic acids is 1. The second kappa shape index (κ2) is 6.39. The highest BCUT2D eigenvalue weighted by Crippen LogP contribution is 2.12. The van der Waals surface area contributed by atoms with Crippen LogP contribution in [-0.4, -0.2) is 21.0 Å². The van der Waals surface area contributed by atoms with E-state index in [4.69, 9.17) is 5.84 Å². The third-order valence-corrected chi connectivity index (χ3v) is 2.62. The smallest absolute Gasteiger partial charge is 0.272 e. The summed E-state index contributed by atoms with van der Waals surface area (Å²) in [6.07, 6.45) is 0. The Hall–Kier alpha value is -3.07. The van der Waals surface area contributed by atoms with Crippen LogP contribution in [0.25, 0.3) is 0 Å². The van der Waals surface area contributed by atoms with Crippen LogP contribution in [0.2, 0.25) is 0 Å². The molecule has 1 heterocycles. The molecule has 0 fully saturated rings. The van der Waals surface area contributed by atoms with E-state index in [1.54, 1.807) is 12.1 Å². The molecule has 0 aliphatic heterocycles. The molecule has 0 atom stereocenters. The first-order valence-corrected chi connectivity index (χ1v) is 5.92. The van der Waals surface area contributed by atoms with E-state index in [9.17, 15) is 14.9 Å². The summed E-state index contributed by atoms with van der Waals surface area (Å²) in [5.41, 5.74) is 3.01. The van der Waals surface area contributed by atoms with Crippen LogP contribution in [-0.2, 0) is 6.54 Å². The Morgan fingerprint density at radius 3 is 2.71 bits per heavy atom. The molecule has 21 heavy (non-hydrogen) atoms. The van der Waals surface area contributed by atoms with E-state index >= 15 is 0 Å². The molecular formula is C12H12N6O3. The number of aromatic nitrogens is 2. The minimum Gasteiger partial charge on any atom is -0.347 e. The van der Waals surface area contributed by atoms with Gasteiger partial charge in [-0.1, -0.05) is 12.1 Å². The molecule has 108 valence electrons. The normalized spacial score (nSPS) is 9.95. The molecule has 0 spiro atoms. The summed E-state index contributed by atoms with van der Waals surface area (Å²) >= 11 is 0. The van der Waals surface area contributed by atoms with E-state index in [0.29, 0.717) is 11.4 Å². The van der Waals surface area contributed by atoms with Crippen molar-refractivity contribution in [3.8, 4) is 0 Å². The van der Waals surface area contributed by atoms with Gasteiger partial charge in [0.25, 0.3) is 11.6 Å². The number of hydrogen-bond donors (Lipinski definition) is 3. The number of benzene rings is 1. The first-order chi connectivity index (χ1) is 10.1. The fourth-order valence-corrected chi connectivity index (χ4v) is 1.58. The maximum absolute atomic E-state index is 11.8. The molecular weight excluding hydrogens is 276 g/mol. The molecule has 1 amide bonds. The fourth-order valence-electron chi connectivity index (χ4n) is 1.58. The van der Waals surface area contributed by atoms with Crippen molar-refractivity contribution in [1.82, 2.24) is 15.5 Å². The lowest BCUT2D eigenvalue weighted by Crippen LogP contribution is -2.24. The molecule has 2 aromatic rings. The summed E-state index contributed by atoms with van der Waals surface area (Å²) in [5, 5.41) is 20.6. The van der Waals surface area contributed by atoms with Crippen LogP contribution < -0.4 is 16.6 Å². The van der Waals surface area contributed by atoms with Gasteiger partial charge in [-0.2, -0.15) is 0 Å². The largest absolute Gasteiger partial charge is 0.347 e. The van der Waals surface area contributed by atoms with Crippen LogP contribution in [0, 0.1) is 10.1 Å². The fraction of sp³-hybridized carbons (Fsp3) is 0.0833. The molecule has 0 radical (unpaired) electrons. The van der Waals surface area contributed by atoms with Gasteiger partial charge in [-0.25, -0.2) is 5.84 Å². The zero-order chi connectivity index (χ0) is 15.2. The highest BCUT2D eigenvalue weighted by molar-refractivity contribution is 5.92. The first kappa shape index (κ1) is 14.3. The lowest BCUT2D eigenvalue weighted by atomic mass is 10.2. The molecule has 0 bridgehead atoms. The summed E-state index contributed by atoms with van der Waals surface area (Å²) in [7, 11) is 0. The number of nitro benzene ring substituents is 1. The first-order valence-electron chi connectivity index (χ1n) is 5.92. The maximum atomic E-state index is 11.8. The van der Waals surface area contributed by atoms with Crippen LogP contribution in [0.3, 0.4) is 0 Å². The number of rotatable bonds is 5. The molecule has 9 heteroatoms. The van der Waals surface area contributed by atoms with Crippen LogP contribution in [0.5, 0.6) is 0 Å². The summed E-state index contributed by atoms with van der Waals surface area (Å²) < 4.78 is 0. The minimum absolute atomic E-state index is 0.0279. The lowest BCUT2D eigenvalue weighted by molar-refractivity contribution is -0.384. The van der Waals surface area contributed by atoms with Gasteiger partial charge in [0, 0.05) is 18.7 Å². The van der Waals surface area contributed by atoms with E-state index in [2.05, 4.69) is 20.9 Å². The van der Waals surface area contributed by atoms with Gasteiger partial charge in [0.05, 0.1) is 4.92 Å². The number of amides is 1. The van der Waals surface area contributed by atoms with Crippen molar-refractivity contribution < 1.29 is 9.72 Å². The average Bonchev–Trinajstić information content (AvgIpc) is 2.53. The standard InChI is InChI=1S/C12H12N6O3/c13-15-11-5-4-10(16-17-11)12(19)14-7-8-2-1-3-9(6-8)18(20)21/h1-6H,7,13H2,(H,14,19)(H,15,17). The average molecular weight is 288 g/mol. The lowest BCUT2D eigenvalue weighted by Gasteiger charge is -2.05. The molecule has 0 saturated carbocycles. The van der Waals surface area contributed by atoms with Gasteiger partial charge in [0.15, 0.2) is 11.5 Å². The molecule has 2 rings (SSSR count). The van der Waals surface area contributed by atoms with E-state index in [1.807, 2.05) is 0 Å². The van der Waals surface area contributed by atoms with Crippen molar-refractivity contribution in [3.05, 3.63) is 57.8 Å². The van der Waals surface area contributed by atoms with Gasteiger partial charge in [0.2, 0.25) is 0 Å². The number of nitro groups is 1. The monoisotopic (exact) mass is 288 g/mol. The third kappa shape index (κ3) is 3.70. The predicted molar refractivity (Wildman–Crippen MR) is 74.1 cm³/mol. The number of non-ortho nitro benzene ring substituents is 1. The van der Waals surface area contributed by atoms with E-state index in [-0.39, 0.29) is 17.9 Å². The summed E-state index contributed by atoms with van der Waals surface area (Å²) in [4.78, 5) is 22.0. The molecule has 0 saturated heterocycles. The zero-order valence-electron chi connectivity index (χ0n) is 10.8. The molecule has 1 aromatic carbocycles. The number of nitrogens with one attached hydrogen (secondary N) is 2. The van der Waals surface area contributed by atoms with Gasteiger partial charge in [0.1, 0.15) is 0 Å². The van der Waals surface area contributed by atoms with Gasteiger partial charge in [-0.3, -0.25) is 14.9 Å². The Kier molecular flexibility index (Phi) is 4.36. The maximum Gasteiger partial charge on any atom is 0.272 e. The SMILES string of the molecule is NNc1ccc(C(=O)NCc2cccc([N+](=O)[O-])c2)nn1. The number of carbonyl (C=O) groups is 1. The molecule has 1 aromatic heterocycles. The Labute approximate surface area is 119 Å². The number of anilines is 1. The van der Waals surface area contributed by atoms with Crippen molar-refractivity contribution in [2.45, 2.75) is 6.54 Å². The highest BCUT2D eigenvalue weighted by Gasteiger charge is 2.09. The van der Waals surface area contributed by atoms with Crippen molar-refractivity contribution >= 4 is 17.4 Å². The quantitative estimate of drug-likeness (QED) is 0.416. The van der Waals surface area contributed by atoms with Crippen molar-refractivity contribution in [2.24, 2.45) is 5.84 Å². The van der Waals surface area contributed by atoms with E-state index in [1.165, 1.54) is 24.3 Å². The minimum atomic E-state index is -0.491. The predicted octanol–water partition coefficient (Wildman–Crippen LogP) is 0.600. The van der Waals surface area contributed by atoms with Gasteiger partial charge in [-0.15, -0.1) is 10.2 Å². The molecule has 4 N–H and O–H groups in total. The van der Waals surface area contributed by atoms with Crippen LogP contribution >= 0.6 is 0 Å². The number of nitrogen functional groups attached to an aromatic ring is 1. The van der Waals surface area contributed by atoms with Gasteiger partial charge >= 0.3 is 0 Å².